The number of nitrogens with zero attached hydrogens (tertiary/aromatic N) is 5. The highest BCUT2D eigenvalue weighted by molar-refractivity contribution is 5.58. The Balaban J connectivity index is 1.99. The summed E-state index contributed by atoms with van der Waals surface area (Å²) >= 11 is 0. The summed E-state index contributed by atoms with van der Waals surface area (Å²) in [5.41, 5.74) is -1.98. The number of nitrogens with one attached hydrogen (secondary N) is 2. The van der Waals surface area contributed by atoms with Crippen molar-refractivity contribution < 1.29 is 22.7 Å². The summed E-state index contributed by atoms with van der Waals surface area (Å²) in [5, 5.41) is 15.5. The van der Waals surface area contributed by atoms with Crippen LogP contribution in [0.15, 0.2) is 36.5 Å². The fourth-order valence-electron chi connectivity index (χ4n) is 2.22. The second-order valence-electron chi connectivity index (χ2n) is 6.87. The van der Waals surface area contributed by atoms with E-state index in [1.807, 2.05) is 0 Å². The SMILES string of the molecule is CC(C)(O)CNc1nc(Nc2ccc(F)nc2)nc(-c2cccc(C(F)(F)F)n2)n1. The van der Waals surface area contributed by atoms with Crippen molar-refractivity contribution in [2.45, 2.75) is 25.6 Å². The zero-order valence-corrected chi connectivity index (χ0v) is 15.9. The van der Waals surface area contributed by atoms with E-state index in [0.717, 1.165) is 12.1 Å². The Morgan fingerprint density at radius 2 is 1.70 bits per heavy atom. The van der Waals surface area contributed by atoms with Crippen LogP contribution < -0.4 is 10.6 Å². The minimum absolute atomic E-state index is 0.00101. The molecule has 0 atom stereocenters. The molecule has 0 radical (unpaired) electrons. The third kappa shape index (κ3) is 5.80. The van der Waals surface area contributed by atoms with Gasteiger partial charge in [-0.2, -0.15) is 32.5 Å². The highest BCUT2D eigenvalue weighted by Gasteiger charge is 2.32. The van der Waals surface area contributed by atoms with Crippen LogP contribution in [0.1, 0.15) is 19.5 Å². The van der Waals surface area contributed by atoms with E-state index in [0.29, 0.717) is 5.69 Å². The molecule has 3 heterocycles. The van der Waals surface area contributed by atoms with E-state index in [2.05, 4.69) is 35.6 Å². The van der Waals surface area contributed by atoms with Gasteiger partial charge in [-0.05, 0) is 38.1 Å². The molecule has 30 heavy (non-hydrogen) atoms. The first kappa shape index (κ1) is 21.3. The van der Waals surface area contributed by atoms with Crippen LogP contribution in [-0.4, -0.2) is 42.2 Å². The molecule has 12 heteroatoms. The summed E-state index contributed by atoms with van der Waals surface area (Å²) in [6, 6.07) is 5.86. The number of hydrogen-bond acceptors (Lipinski definition) is 8. The van der Waals surface area contributed by atoms with Gasteiger partial charge in [0.05, 0.1) is 17.5 Å². The third-order valence-electron chi connectivity index (χ3n) is 3.57. The van der Waals surface area contributed by atoms with Crippen LogP contribution >= 0.6 is 0 Å². The molecular weight excluding hydrogens is 406 g/mol. The second kappa shape index (κ2) is 8.14. The highest BCUT2D eigenvalue weighted by Crippen LogP contribution is 2.29. The van der Waals surface area contributed by atoms with E-state index < -0.39 is 23.4 Å². The van der Waals surface area contributed by atoms with Crippen molar-refractivity contribution in [1.82, 2.24) is 24.9 Å². The summed E-state index contributed by atoms with van der Waals surface area (Å²) in [6.07, 6.45) is -3.43. The van der Waals surface area contributed by atoms with Crippen LogP contribution in [0.2, 0.25) is 0 Å². The van der Waals surface area contributed by atoms with Gasteiger partial charge in [-0.25, -0.2) is 9.97 Å². The van der Waals surface area contributed by atoms with Gasteiger partial charge >= 0.3 is 6.18 Å². The topological polar surface area (TPSA) is 109 Å². The zero-order chi connectivity index (χ0) is 21.9. The number of halogens is 4. The van der Waals surface area contributed by atoms with Crippen LogP contribution in [0.25, 0.3) is 11.5 Å². The van der Waals surface area contributed by atoms with E-state index in [1.54, 1.807) is 13.8 Å². The number of aromatic nitrogens is 5. The molecule has 0 saturated carbocycles. The number of anilines is 3. The summed E-state index contributed by atoms with van der Waals surface area (Å²) in [6.45, 7) is 3.17. The van der Waals surface area contributed by atoms with Gasteiger partial charge in [-0.3, -0.25) is 0 Å². The monoisotopic (exact) mass is 423 g/mol. The molecule has 0 aliphatic heterocycles. The van der Waals surface area contributed by atoms with Gasteiger partial charge in [0.25, 0.3) is 0 Å². The molecule has 0 amide bonds. The van der Waals surface area contributed by atoms with Crippen molar-refractivity contribution in [2.75, 3.05) is 17.2 Å². The molecule has 3 rings (SSSR count). The Kier molecular flexibility index (Phi) is 5.78. The molecule has 0 saturated heterocycles. The summed E-state index contributed by atoms with van der Waals surface area (Å²) < 4.78 is 52.0. The molecule has 3 N–H and O–H groups in total. The number of hydrogen-bond donors (Lipinski definition) is 3. The molecule has 8 nitrogen and oxygen atoms in total. The van der Waals surface area contributed by atoms with E-state index in [9.17, 15) is 22.7 Å². The fourth-order valence-corrected chi connectivity index (χ4v) is 2.22. The van der Waals surface area contributed by atoms with Crippen LogP contribution in [0.4, 0.5) is 35.1 Å². The van der Waals surface area contributed by atoms with Crippen molar-refractivity contribution in [3.63, 3.8) is 0 Å². The lowest BCUT2D eigenvalue weighted by Gasteiger charge is -2.18. The Hall–Kier alpha value is -3.41. The van der Waals surface area contributed by atoms with Crippen molar-refractivity contribution in [1.29, 1.82) is 0 Å². The fraction of sp³-hybridized carbons (Fsp3) is 0.278. The first-order valence-corrected chi connectivity index (χ1v) is 8.65. The molecule has 0 aliphatic carbocycles. The van der Waals surface area contributed by atoms with Gasteiger partial charge < -0.3 is 15.7 Å². The predicted molar refractivity (Wildman–Crippen MR) is 100 cm³/mol. The lowest BCUT2D eigenvalue weighted by molar-refractivity contribution is -0.141. The van der Waals surface area contributed by atoms with Gasteiger partial charge in [0, 0.05) is 6.54 Å². The summed E-state index contributed by atoms with van der Waals surface area (Å²) in [5.74, 6) is -0.853. The van der Waals surface area contributed by atoms with Crippen molar-refractivity contribution >= 4 is 17.6 Å². The second-order valence-corrected chi connectivity index (χ2v) is 6.87. The predicted octanol–water partition coefficient (Wildman–Crippen LogP) is 3.41. The van der Waals surface area contributed by atoms with Gasteiger partial charge in [0.15, 0.2) is 5.82 Å². The number of pyridine rings is 2. The molecule has 0 bridgehead atoms. The molecular formula is C18H17F4N7O. The molecule has 0 aliphatic rings. The van der Waals surface area contributed by atoms with Gasteiger partial charge in [0.1, 0.15) is 11.4 Å². The Morgan fingerprint density at radius 1 is 0.967 bits per heavy atom. The number of rotatable bonds is 6. The van der Waals surface area contributed by atoms with E-state index in [-0.39, 0.29) is 30.0 Å². The van der Waals surface area contributed by atoms with Crippen LogP contribution in [0.5, 0.6) is 0 Å². The maximum Gasteiger partial charge on any atom is 0.433 e. The summed E-state index contributed by atoms with van der Waals surface area (Å²) in [4.78, 5) is 19.4. The quantitative estimate of drug-likeness (QED) is 0.409. The summed E-state index contributed by atoms with van der Waals surface area (Å²) in [7, 11) is 0. The third-order valence-corrected chi connectivity index (χ3v) is 3.57. The van der Waals surface area contributed by atoms with E-state index in [1.165, 1.54) is 24.4 Å². The van der Waals surface area contributed by atoms with Crippen molar-refractivity contribution in [3.8, 4) is 11.5 Å². The number of alkyl halides is 3. The lowest BCUT2D eigenvalue weighted by atomic mass is 10.1. The van der Waals surface area contributed by atoms with Gasteiger partial charge in [-0.1, -0.05) is 6.07 Å². The molecule has 3 aromatic heterocycles. The maximum atomic E-state index is 13.0. The molecule has 0 unspecified atom stereocenters. The largest absolute Gasteiger partial charge is 0.433 e. The molecule has 158 valence electrons. The number of aliphatic hydroxyl groups is 1. The molecule has 0 spiro atoms. The smallest absolute Gasteiger partial charge is 0.389 e. The normalized spacial score (nSPS) is 12.0. The molecule has 0 fully saturated rings. The Morgan fingerprint density at radius 3 is 2.33 bits per heavy atom. The van der Waals surface area contributed by atoms with Crippen LogP contribution in [-0.2, 0) is 6.18 Å². The van der Waals surface area contributed by atoms with E-state index in [4.69, 9.17) is 0 Å². The average molecular weight is 423 g/mol. The van der Waals surface area contributed by atoms with Gasteiger partial charge in [0.2, 0.25) is 17.8 Å². The minimum Gasteiger partial charge on any atom is -0.389 e. The molecule has 0 aromatic carbocycles. The van der Waals surface area contributed by atoms with E-state index >= 15 is 0 Å². The average Bonchev–Trinajstić information content (AvgIpc) is 2.67. The van der Waals surface area contributed by atoms with Crippen LogP contribution in [0, 0.1) is 5.95 Å². The van der Waals surface area contributed by atoms with Gasteiger partial charge in [-0.15, -0.1) is 0 Å². The molecule has 3 aromatic rings. The highest BCUT2D eigenvalue weighted by atomic mass is 19.4. The first-order valence-electron chi connectivity index (χ1n) is 8.65. The zero-order valence-electron chi connectivity index (χ0n) is 15.9. The van der Waals surface area contributed by atoms with Crippen molar-refractivity contribution in [3.05, 3.63) is 48.2 Å². The lowest BCUT2D eigenvalue weighted by Crippen LogP contribution is -2.30. The van der Waals surface area contributed by atoms with Crippen molar-refractivity contribution in [2.24, 2.45) is 0 Å². The Labute approximate surface area is 168 Å². The standard InChI is InChI=1S/C18H17F4N7O/c1-17(2,30)9-24-15-27-14(11-4-3-5-12(26-11)18(20,21)22)28-16(29-15)25-10-6-7-13(19)23-8-10/h3-8,30H,9H2,1-2H3,(H2,24,25,27,28,29). The minimum atomic E-state index is -4.63. The Bertz CT molecular complexity index is 1020. The van der Waals surface area contributed by atoms with Crippen LogP contribution in [0.3, 0.4) is 0 Å². The first-order chi connectivity index (χ1) is 14.0. The maximum absolute atomic E-state index is 13.0.